The molecule has 2 aromatic heterocycles. The van der Waals surface area contributed by atoms with Crippen molar-refractivity contribution < 1.29 is 9.90 Å². The third kappa shape index (κ3) is 2.23. The second-order valence-corrected chi connectivity index (χ2v) is 3.82. The van der Waals surface area contributed by atoms with Crippen LogP contribution < -0.4 is 5.32 Å². The molecule has 0 aliphatic heterocycles. The van der Waals surface area contributed by atoms with E-state index in [-0.39, 0.29) is 5.91 Å². The number of pyridine rings is 1. The van der Waals surface area contributed by atoms with E-state index in [1.807, 2.05) is 0 Å². The van der Waals surface area contributed by atoms with E-state index >= 15 is 0 Å². The summed E-state index contributed by atoms with van der Waals surface area (Å²) in [5.74, 6) is 0.255. The lowest BCUT2D eigenvalue weighted by Crippen LogP contribution is -2.18. The Balaban J connectivity index is 2.43. The van der Waals surface area contributed by atoms with Crippen LogP contribution in [0.4, 0.5) is 0 Å². The Morgan fingerprint density at radius 2 is 2.28 bits per heavy atom. The minimum absolute atomic E-state index is 0.261. The van der Waals surface area contributed by atoms with E-state index in [4.69, 9.17) is 0 Å². The van der Waals surface area contributed by atoms with Gasteiger partial charge in [-0.2, -0.15) is 5.10 Å². The van der Waals surface area contributed by atoms with Gasteiger partial charge in [-0.05, 0) is 19.1 Å². The molecule has 2 aromatic rings. The lowest BCUT2D eigenvalue weighted by Gasteiger charge is -2.10. The smallest absolute Gasteiger partial charge is 0.271 e. The summed E-state index contributed by atoms with van der Waals surface area (Å²) in [5.41, 5.74) is 0.962. The van der Waals surface area contributed by atoms with E-state index < -0.39 is 6.10 Å². The summed E-state index contributed by atoms with van der Waals surface area (Å²) in [5, 5.41) is 16.3. The van der Waals surface area contributed by atoms with E-state index in [9.17, 15) is 9.90 Å². The first-order valence-electron chi connectivity index (χ1n) is 5.54. The van der Waals surface area contributed by atoms with Crippen molar-refractivity contribution in [1.29, 1.82) is 0 Å². The van der Waals surface area contributed by atoms with Crippen LogP contribution in [0.3, 0.4) is 0 Å². The Morgan fingerprint density at radius 3 is 2.94 bits per heavy atom. The molecule has 1 atom stereocenters. The van der Waals surface area contributed by atoms with Crippen molar-refractivity contribution in [1.82, 2.24) is 20.1 Å². The van der Waals surface area contributed by atoms with Crippen LogP contribution in [0.15, 0.2) is 30.6 Å². The number of carbonyl (C=O) groups excluding carboxylic acids is 1. The first-order chi connectivity index (χ1) is 8.63. The van der Waals surface area contributed by atoms with Crippen molar-refractivity contribution in [3.8, 4) is 5.82 Å². The molecular weight excluding hydrogens is 232 g/mol. The van der Waals surface area contributed by atoms with Gasteiger partial charge in [0.15, 0.2) is 11.5 Å². The Hall–Kier alpha value is -2.21. The van der Waals surface area contributed by atoms with Gasteiger partial charge in [0.1, 0.15) is 0 Å². The number of nitrogens with one attached hydrogen (secondary N) is 1. The van der Waals surface area contributed by atoms with Crippen molar-refractivity contribution >= 4 is 5.91 Å². The summed E-state index contributed by atoms with van der Waals surface area (Å²) in [6.45, 7) is 1.66. The minimum Gasteiger partial charge on any atom is -0.389 e. The number of amides is 1. The molecule has 2 rings (SSSR count). The predicted molar refractivity (Wildman–Crippen MR) is 65.4 cm³/mol. The van der Waals surface area contributed by atoms with Gasteiger partial charge in [0.05, 0.1) is 6.10 Å². The van der Waals surface area contributed by atoms with Crippen LogP contribution in [0, 0.1) is 0 Å². The van der Waals surface area contributed by atoms with E-state index in [1.165, 1.54) is 4.68 Å². The van der Waals surface area contributed by atoms with Gasteiger partial charge in [-0.1, -0.05) is 6.07 Å². The number of rotatable bonds is 3. The lowest BCUT2D eigenvalue weighted by molar-refractivity contribution is 0.0957. The van der Waals surface area contributed by atoms with Crippen LogP contribution in [0.5, 0.6) is 0 Å². The first-order valence-corrected chi connectivity index (χ1v) is 5.54. The van der Waals surface area contributed by atoms with Gasteiger partial charge in [0.25, 0.3) is 5.91 Å². The molecule has 0 spiro atoms. The normalized spacial score (nSPS) is 12.2. The highest BCUT2D eigenvalue weighted by Crippen LogP contribution is 2.18. The predicted octanol–water partition coefficient (Wildman–Crippen LogP) is 0.680. The van der Waals surface area contributed by atoms with Gasteiger partial charge in [0.2, 0.25) is 0 Å². The maximum atomic E-state index is 11.4. The first kappa shape index (κ1) is 12.3. The summed E-state index contributed by atoms with van der Waals surface area (Å²) in [6, 6.07) is 5.11. The zero-order valence-corrected chi connectivity index (χ0v) is 10.2. The van der Waals surface area contributed by atoms with Crippen LogP contribution in [0.2, 0.25) is 0 Å². The molecule has 2 N–H and O–H groups in total. The van der Waals surface area contributed by atoms with Crippen molar-refractivity contribution in [2.45, 2.75) is 13.0 Å². The Kier molecular flexibility index (Phi) is 3.38. The average Bonchev–Trinajstić information content (AvgIpc) is 2.87. The van der Waals surface area contributed by atoms with Crippen molar-refractivity contribution in [3.05, 3.63) is 41.9 Å². The number of aromatic nitrogens is 3. The SMILES string of the molecule is CNC(=O)c1ccn(-c2ncccc2[C@@H](C)O)n1. The van der Waals surface area contributed by atoms with E-state index in [1.54, 1.807) is 44.6 Å². The zero-order chi connectivity index (χ0) is 13.1. The highest BCUT2D eigenvalue weighted by atomic mass is 16.3. The summed E-state index contributed by atoms with van der Waals surface area (Å²) in [4.78, 5) is 15.6. The van der Waals surface area contributed by atoms with Crippen LogP contribution in [0.1, 0.15) is 29.1 Å². The number of nitrogens with zero attached hydrogens (tertiary/aromatic N) is 3. The molecule has 0 aliphatic rings. The molecular formula is C12H14N4O2. The molecule has 0 saturated heterocycles. The van der Waals surface area contributed by atoms with Gasteiger partial charge in [-0.3, -0.25) is 4.79 Å². The summed E-state index contributed by atoms with van der Waals surface area (Å²) in [7, 11) is 1.54. The van der Waals surface area contributed by atoms with Crippen LogP contribution >= 0.6 is 0 Å². The van der Waals surface area contributed by atoms with E-state index in [0.29, 0.717) is 17.1 Å². The zero-order valence-electron chi connectivity index (χ0n) is 10.2. The van der Waals surface area contributed by atoms with Gasteiger partial charge < -0.3 is 10.4 Å². The molecule has 1 amide bonds. The van der Waals surface area contributed by atoms with Crippen LogP contribution in [-0.2, 0) is 0 Å². The fourth-order valence-electron chi connectivity index (χ4n) is 1.62. The third-order valence-corrected chi connectivity index (χ3v) is 2.53. The summed E-state index contributed by atoms with van der Waals surface area (Å²) < 4.78 is 1.48. The van der Waals surface area contributed by atoms with E-state index in [0.717, 1.165) is 0 Å². The molecule has 18 heavy (non-hydrogen) atoms. The molecule has 0 radical (unpaired) electrons. The largest absolute Gasteiger partial charge is 0.389 e. The molecule has 2 heterocycles. The Labute approximate surface area is 104 Å². The molecule has 6 nitrogen and oxygen atoms in total. The standard InChI is InChI=1S/C12H14N4O2/c1-8(17)9-4-3-6-14-11(9)16-7-5-10(15-16)12(18)13-2/h3-8,17H,1-2H3,(H,13,18)/t8-/m1/s1. The lowest BCUT2D eigenvalue weighted by atomic mass is 10.1. The molecule has 0 unspecified atom stereocenters. The highest BCUT2D eigenvalue weighted by molar-refractivity contribution is 5.91. The molecule has 6 heteroatoms. The van der Waals surface area contributed by atoms with Gasteiger partial charge in [-0.25, -0.2) is 9.67 Å². The van der Waals surface area contributed by atoms with Crippen molar-refractivity contribution in [3.63, 3.8) is 0 Å². The van der Waals surface area contributed by atoms with Crippen molar-refractivity contribution in [2.75, 3.05) is 7.05 Å². The highest BCUT2D eigenvalue weighted by Gasteiger charge is 2.13. The summed E-state index contributed by atoms with van der Waals surface area (Å²) >= 11 is 0. The molecule has 0 bridgehead atoms. The van der Waals surface area contributed by atoms with Crippen LogP contribution in [0.25, 0.3) is 5.82 Å². The monoisotopic (exact) mass is 246 g/mol. The van der Waals surface area contributed by atoms with Crippen LogP contribution in [-0.4, -0.2) is 32.8 Å². The Bertz CT molecular complexity index is 563. The topological polar surface area (TPSA) is 80.0 Å². The second-order valence-electron chi connectivity index (χ2n) is 3.82. The third-order valence-electron chi connectivity index (χ3n) is 2.53. The summed E-state index contributed by atoms with van der Waals surface area (Å²) in [6.07, 6.45) is 2.60. The average molecular weight is 246 g/mol. The quantitative estimate of drug-likeness (QED) is 0.834. The van der Waals surface area contributed by atoms with Gasteiger partial charge in [-0.15, -0.1) is 0 Å². The number of hydrogen-bond donors (Lipinski definition) is 2. The maximum absolute atomic E-state index is 11.4. The van der Waals surface area contributed by atoms with E-state index in [2.05, 4.69) is 15.4 Å². The number of aliphatic hydroxyl groups excluding tert-OH is 1. The molecule has 94 valence electrons. The fraction of sp³-hybridized carbons (Fsp3) is 0.250. The maximum Gasteiger partial charge on any atom is 0.271 e. The number of carbonyl (C=O) groups is 1. The van der Waals surface area contributed by atoms with Gasteiger partial charge in [0, 0.05) is 25.0 Å². The van der Waals surface area contributed by atoms with Crippen molar-refractivity contribution in [2.24, 2.45) is 0 Å². The molecule has 0 aliphatic carbocycles. The number of aliphatic hydroxyl groups is 1. The molecule has 0 fully saturated rings. The second kappa shape index (κ2) is 4.97. The fourth-order valence-corrected chi connectivity index (χ4v) is 1.62. The molecule has 0 saturated carbocycles. The minimum atomic E-state index is -0.652. The van der Waals surface area contributed by atoms with Gasteiger partial charge >= 0.3 is 0 Å². The number of hydrogen-bond acceptors (Lipinski definition) is 4. The molecule has 0 aromatic carbocycles. The Morgan fingerprint density at radius 1 is 1.50 bits per heavy atom.